The maximum Gasteiger partial charge on any atom is 0.159 e. The van der Waals surface area contributed by atoms with Crippen LogP contribution in [0.3, 0.4) is 0 Å². The third-order valence-corrected chi connectivity index (χ3v) is 4.60. The first-order valence-corrected chi connectivity index (χ1v) is 7.62. The highest BCUT2D eigenvalue weighted by Crippen LogP contribution is 2.25. The molecule has 0 radical (unpaired) electrons. The monoisotopic (exact) mass is 280 g/mol. The van der Waals surface area contributed by atoms with Gasteiger partial charge in [0, 0.05) is 19.1 Å². The molecule has 2 unspecified atom stereocenters. The minimum Gasteiger partial charge on any atom is -0.314 e. The van der Waals surface area contributed by atoms with Gasteiger partial charge >= 0.3 is 0 Å². The molecule has 0 aliphatic carbocycles. The summed E-state index contributed by atoms with van der Waals surface area (Å²) >= 11 is 0. The lowest BCUT2D eigenvalue weighted by atomic mass is 9.89. The van der Waals surface area contributed by atoms with Gasteiger partial charge in [-0.2, -0.15) is 0 Å². The molecule has 2 fully saturated rings. The van der Waals surface area contributed by atoms with Gasteiger partial charge in [-0.1, -0.05) is 6.07 Å². The molecule has 1 N–H and O–H groups in total. The maximum atomic E-state index is 13.3. The predicted octanol–water partition coefficient (Wildman–Crippen LogP) is 2.93. The summed E-state index contributed by atoms with van der Waals surface area (Å²) in [5.41, 5.74) is 0.865. The Hall–Kier alpha value is -1.00. The molecule has 2 saturated heterocycles. The Morgan fingerprint density at radius 2 is 2.05 bits per heavy atom. The highest BCUT2D eigenvalue weighted by atomic mass is 19.2. The Bertz CT molecular complexity index is 458. The number of nitrogens with one attached hydrogen (secondary N) is 1. The molecule has 0 bridgehead atoms. The van der Waals surface area contributed by atoms with Gasteiger partial charge in [-0.3, -0.25) is 4.90 Å². The summed E-state index contributed by atoms with van der Waals surface area (Å²) in [4.78, 5) is 2.38. The molecule has 110 valence electrons. The summed E-state index contributed by atoms with van der Waals surface area (Å²) < 4.78 is 26.2. The molecule has 1 aromatic carbocycles. The number of rotatable bonds is 3. The molecule has 0 amide bonds. The topological polar surface area (TPSA) is 15.3 Å². The van der Waals surface area contributed by atoms with Crippen molar-refractivity contribution in [3.05, 3.63) is 35.4 Å². The van der Waals surface area contributed by atoms with Crippen LogP contribution in [0.2, 0.25) is 0 Å². The van der Waals surface area contributed by atoms with Crippen LogP contribution in [0.25, 0.3) is 0 Å². The SMILES string of the molecule is Fc1ccc(CN2CCCC(C3CCCN3)C2)cc1F. The molecule has 2 aliphatic rings. The molecular formula is C16H22F2N2. The number of hydrogen-bond donors (Lipinski definition) is 1. The molecule has 2 heterocycles. The lowest BCUT2D eigenvalue weighted by Gasteiger charge is -2.35. The van der Waals surface area contributed by atoms with Gasteiger partial charge < -0.3 is 5.32 Å². The zero-order valence-electron chi connectivity index (χ0n) is 11.7. The standard InChI is InChI=1S/C16H22F2N2/c17-14-6-5-12(9-15(14)18)10-20-8-2-3-13(11-20)16-4-1-7-19-16/h5-6,9,13,16,19H,1-4,7-8,10-11H2. The number of nitrogens with zero attached hydrogens (tertiary/aromatic N) is 1. The smallest absolute Gasteiger partial charge is 0.159 e. The minimum atomic E-state index is -0.763. The van der Waals surface area contributed by atoms with E-state index in [0.29, 0.717) is 12.0 Å². The van der Waals surface area contributed by atoms with Gasteiger partial charge in [-0.05, 0) is 62.4 Å². The molecule has 3 rings (SSSR count). The molecule has 2 nitrogen and oxygen atoms in total. The highest BCUT2D eigenvalue weighted by molar-refractivity contribution is 5.17. The van der Waals surface area contributed by atoms with Crippen LogP contribution in [-0.2, 0) is 6.54 Å². The van der Waals surface area contributed by atoms with Gasteiger partial charge in [0.2, 0.25) is 0 Å². The van der Waals surface area contributed by atoms with Gasteiger partial charge in [0.1, 0.15) is 0 Å². The van der Waals surface area contributed by atoms with E-state index in [-0.39, 0.29) is 0 Å². The third-order valence-electron chi connectivity index (χ3n) is 4.60. The second kappa shape index (κ2) is 6.19. The second-order valence-electron chi connectivity index (χ2n) is 6.09. The van der Waals surface area contributed by atoms with Crippen molar-refractivity contribution in [3.8, 4) is 0 Å². The van der Waals surface area contributed by atoms with Crippen LogP contribution in [-0.4, -0.2) is 30.6 Å². The van der Waals surface area contributed by atoms with Crippen molar-refractivity contribution in [2.45, 2.75) is 38.3 Å². The molecule has 2 aliphatic heterocycles. The normalized spacial score (nSPS) is 27.9. The predicted molar refractivity (Wildman–Crippen MR) is 75.4 cm³/mol. The molecule has 20 heavy (non-hydrogen) atoms. The van der Waals surface area contributed by atoms with E-state index in [1.54, 1.807) is 6.07 Å². The van der Waals surface area contributed by atoms with Crippen LogP contribution in [0.1, 0.15) is 31.2 Å². The van der Waals surface area contributed by atoms with Gasteiger partial charge in [-0.15, -0.1) is 0 Å². The van der Waals surface area contributed by atoms with Crippen LogP contribution in [0, 0.1) is 17.6 Å². The molecule has 4 heteroatoms. The number of hydrogen-bond acceptors (Lipinski definition) is 2. The van der Waals surface area contributed by atoms with Crippen LogP contribution >= 0.6 is 0 Å². The number of piperidine rings is 1. The van der Waals surface area contributed by atoms with Gasteiger partial charge in [0.25, 0.3) is 0 Å². The molecule has 1 aromatic rings. The van der Waals surface area contributed by atoms with Crippen molar-refractivity contribution in [1.29, 1.82) is 0 Å². The Labute approximate surface area is 119 Å². The van der Waals surface area contributed by atoms with Crippen molar-refractivity contribution < 1.29 is 8.78 Å². The fourth-order valence-electron chi connectivity index (χ4n) is 3.57. The Morgan fingerprint density at radius 3 is 2.80 bits per heavy atom. The van der Waals surface area contributed by atoms with Gasteiger partial charge in [0.15, 0.2) is 11.6 Å². The van der Waals surface area contributed by atoms with E-state index in [1.165, 1.54) is 37.8 Å². The maximum absolute atomic E-state index is 13.3. The van der Waals surface area contributed by atoms with Crippen molar-refractivity contribution in [3.63, 3.8) is 0 Å². The lowest BCUT2D eigenvalue weighted by molar-refractivity contribution is 0.145. The van der Waals surface area contributed by atoms with E-state index in [0.717, 1.165) is 31.7 Å². The molecule has 2 atom stereocenters. The largest absolute Gasteiger partial charge is 0.314 e. The van der Waals surface area contributed by atoms with Gasteiger partial charge in [-0.25, -0.2) is 8.78 Å². The minimum absolute atomic E-state index is 0.655. The summed E-state index contributed by atoms with van der Waals surface area (Å²) in [5.74, 6) is -0.800. The van der Waals surface area contributed by atoms with E-state index in [4.69, 9.17) is 0 Å². The van der Waals surface area contributed by atoms with Crippen LogP contribution in [0.4, 0.5) is 8.78 Å². The van der Waals surface area contributed by atoms with Crippen molar-refractivity contribution in [2.24, 2.45) is 5.92 Å². The number of likely N-dealkylation sites (tertiary alicyclic amines) is 1. The fourth-order valence-corrected chi connectivity index (χ4v) is 3.57. The third kappa shape index (κ3) is 3.18. The highest BCUT2D eigenvalue weighted by Gasteiger charge is 2.28. The zero-order valence-corrected chi connectivity index (χ0v) is 11.7. The summed E-state index contributed by atoms with van der Waals surface area (Å²) in [7, 11) is 0. The number of benzene rings is 1. The van der Waals surface area contributed by atoms with E-state index in [2.05, 4.69) is 10.2 Å². The average Bonchev–Trinajstić information content (AvgIpc) is 2.97. The number of halogens is 2. The first-order chi connectivity index (χ1) is 9.72. The second-order valence-corrected chi connectivity index (χ2v) is 6.09. The summed E-state index contributed by atoms with van der Waals surface area (Å²) in [6.07, 6.45) is 5.05. The Kier molecular flexibility index (Phi) is 4.32. The summed E-state index contributed by atoms with van der Waals surface area (Å²) in [6, 6.07) is 4.90. The summed E-state index contributed by atoms with van der Waals surface area (Å²) in [5, 5.41) is 3.59. The average molecular weight is 280 g/mol. The zero-order chi connectivity index (χ0) is 13.9. The molecule has 0 spiro atoms. The van der Waals surface area contributed by atoms with Crippen LogP contribution in [0.5, 0.6) is 0 Å². The van der Waals surface area contributed by atoms with Crippen LogP contribution < -0.4 is 5.32 Å². The molecule has 0 saturated carbocycles. The van der Waals surface area contributed by atoms with Crippen molar-refractivity contribution in [2.75, 3.05) is 19.6 Å². The lowest BCUT2D eigenvalue weighted by Crippen LogP contribution is -2.43. The Morgan fingerprint density at radius 1 is 1.15 bits per heavy atom. The molecular weight excluding hydrogens is 258 g/mol. The van der Waals surface area contributed by atoms with E-state index >= 15 is 0 Å². The first-order valence-electron chi connectivity index (χ1n) is 7.62. The van der Waals surface area contributed by atoms with E-state index in [9.17, 15) is 8.78 Å². The Balaban J connectivity index is 1.60. The van der Waals surface area contributed by atoms with Crippen molar-refractivity contribution in [1.82, 2.24) is 10.2 Å². The first kappa shape index (κ1) is 14.0. The van der Waals surface area contributed by atoms with Crippen LogP contribution in [0.15, 0.2) is 18.2 Å². The summed E-state index contributed by atoms with van der Waals surface area (Å²) in [6.45, 7) is 3.99. The molecule has 0 aromatic heterocycles. The van der Waals surface area contributed by atoms with Gasteiger partial charge in [0.05, 0.1) is 0 Å². The van der Waals surface area contributed by atoms with E-state index < -0.39 is 11.6 Å². The quantitative estimate of drug-likeness (QED) is 0.916. The fraction of sp³-hybridized carbons (Fsp3) is 0.625. The van der Waals surface area contributed by atoms with Crippen molar-refractivity contribution >= 4 is 0 Å². The van der Waals surface area contributed by atoms with E-state index in [1.807, 2.05) is 0 Å².